The lowest BCUT2D eigenvalue weighted by atomic mass is 9.90. The lowest BCUT2D eigenvalue weighted by molar-refractivity contribution is -0.141. The first-order valence-electron chi connectivity index (χ1n) is 9.25. The molecule has 0 saturated heterocycles. The number of hydrogen-bond donors (Lipinski definition) is 3. The molecule has 164 valence electrons. The van der Waals surface area contributed by atoms with Crippen molar-refractivity contribution in [3.63, 3.8) is 0 Å². The predicted molar refractivity (Wildman–Crippen MR) is 111 cm³/mol. The molecule has 6 nitrogen and oxygen atoms in total. The van der Waals surface area contributed by atoms with Crippen LogP contribution in [0.15, 0.2) is 52.7 Å². The maximum atomic E-state index is 13.0. The molecule has 0 saturated carbocycles. The second kappa shape index (κ2) is 8.34. The standard InChI is InChI=1S/C21H20F3N3O3S/c1-12(15-4-3-13(11-25)9-18(15)31(2,29)30)20-16(5-6-17(20)28)27-14-7-8-26-19(10-14)21(22,23)24/h3-4,7-10,12,29-30H,5-6H2,1-2H3,(H,26,27). The second-order valence-corrected chi connectivity index (χ2v) is 9.39. The van der Waals surface area contributed by atoms with E-state index in [1.54, 1.807) is 13.0 Å². The van der Waals surface area contributed by atoms with E-state index in [0.29, 0.717) is 23.3 Å². The van der Waals surface area contributed by atoms with Crippen molar-refractivity contribution in [2.75, 3.05) is 11.6 Å². The second-order valence-electron chi connectivity index (χ2n) is 7.29. The Kier molecular flexibility index (Phi) is 6.14. The Hall–Kier alpha value is -2.87. The van der Waals surface area contributed by atoms with Gasteiger partial charge in [0, 0.05) is 41.7 Å². The van der Waals surface area contributed by atoms with Crippen LogP contribution >= 0.6 is 10.6 Å². The zero-order chi connectivity index (χ0) is 23.0. The van der Waals surface area contributed by atoms with Crippen LogP contribution in [0.1, 0.15) is 42.5 Å². The molecule has 1 aliphatic carbocycles. The molecule has 1 aromatic carbocycles. The highest BCUT2D eigenvalue weighted by atomic mass is 32.3. The van der Waals surface area contributed by atoms with Gasteiger partial charge in [-0.2, -0.15) is 29.0 Å². The number of rotatable bonds is 5. The van der Waals surface area contributed by atoms with Gasteiger partial charge in [0.15, 0.2) is 5.78 Å². The first kappa shape index (κ1) is 22.8. The Bertz CT molecular complexity index is 1100. The van der Waals surface area contributed by atoms with E-state index in [1.807, 2.05) is 6.07 Å². The number of hydrogen-bond acceptors (Lipinski definition) is 6. The molecule has 3 N–H and O–H groups in total. The van der Waals surface area contributed by atoms with Crippen LogP contribution in [0.4, 0.5) is 18.9 Å². The van der Waals surface area contributed by atoms with Gasteiger partial charge in [0.1, 0.15) is 5.69 Å². The van der Waals surface area contributed by atoms with E-state index in [-0.39, 0.29) is 28.4 Å². The van der Waals surface area contributed by atoms with Crippen LogP contribution in [0.3, 0.4) is 0 Å². The summed E-state index contributed by atoms with van der Waals surface area (Å²) >= 11 is 0. The number of halogens is 3. The van der Waals surface area contributed by atoms with E-state index in [9.17, 15) is 27.1 Å². The Labute approximate surface area is 178 Å². The van der Waals surface area contributed by atoms with E-state index < -0.39 is 28.4 Å². The number of nitrogens with one attached hydrogen (secondary N) is 1. The van der Waals surface area contributed by atoms with Crippen LogP contribution in [0.2, 0.25) is 0 Å². The van der Waals surface area contributed by atoms with Crippen molar-refractivity contribution < 1.29 is 27.1 Å². The molecular formula is C21H20F3N3O3S. The summed E-state index contributed by atoms with van der Waals surface area (Å²) in [6.45, 7) is 1.71. The number of Topliss-reactive ketones (excluding diaryl/α,β-unsaturated/α-hetero) is 1. The summed E-state index contributed by atoms with van der Waals surface area (Å²) < 4.78 is 59.4. The third-order valence-corrected chi connectivity index (χ3v) is 6.22. The van der Waals surface area contributed by atoms with Crippen molar-refractivity contribution >= 4 is 22.1 Å². The molecule has 1 heterocycles. The van der Waals surface area contributed by atoms with Gasteiger partial charge in [0.25, 0.3) is 0 Å². The average Bonchev–Trinajstić information content (AvgIpc) is 3.05. The van der Waals surface area contributed by atoms with Crippen molar-refractivity contribution in [2.24, 2.45) is 0 Å². The molecule has 10 heteroatoms. The molecule has 0 aliphatic heterocycles. The number of pyridine rings is 1. The van der Waals surface area contributed by atoms with Gasteiger partial charge in [0.05, 0.1) is 16.5 Å². The smallest absolute Gasteiger partial charge is 0.358 e. The number of carbonyl (C=O) groups is 1. The number of carbonyl (C=O) groups excluding carboxylic acids is 1. The third-order valence-electron chi connectivity index (χ3n) is 5.03. The number of nitriles is 1. The van der Waals surface area contributed by atoms with Crippen LogP contribution in [0.25, 0.3) is 0 Å². The SMILES string of the molecule is CC(C1=C(Nc2ccnc(C(F)(F)F)c2)CCC1=O)c1ccc(C#N)cc1S(C)(O)O. The molecule has 0 amide bonds. The fraction of sp³-hybridized carbons (Fsp3) is 0.286. The van der Waals surface area contributed by atoms with Crippen molar-refractivity contribution in [1.29, 1.82) is 5.26 Å². The van der Waals surface area contributed by atoms with Crippen molar-refractivity contribution in [3.8, 4) is 6.07 Å². The van der Waals surface area contributed by atoms with Crippen molar-refractivity contribution in [3.05, 3.63) is 64.6 Å². The molecule has 1 atom stereocenters. The molecule has 31 heavy (non-hydrogen) atoms. The van der Waals surface area contributed by atoms with E-state index in [2.05, 4.69) is 10.3 Å². The highest BCUT2D eigenvalue weighted by Crippen LogP contribution is 2.50. The highest BCUT2D eigenvalue weighted by Gasteiger charge is 2.34. The maximum Gasteiger partial charge on any atom is 0.433 e. The van der Waals surface area contributed by atoms with Gasteiger partial charge >= 0.3 is 6.18 Å². The zero-order valence-electron chi connectivity index (χ0n) is 16.7. The van der Waals surface area contributed by atoms with E-state index >= 15 is 0 Å². The minimum absolute atomic E-state index is 0.150. The van der Waals surface area contributed by atoms with E-state index in [4.69, 9.17) is 5.26 Å². The summed E-state index contributed by atoms with van der Waals surface area (Å²) in [5.74, 6) is -0.752. The number of allylic oxidation sites excluding steroid dienone is 2. The lowest BCUT2D eigenvalue weighted by Gasteiger charge is -2.31. The van der Waals surface area contributed by atoms with Crippen LogP contribution < -0.4 is 5.32 Å². The molecule has 1 aromatic heterocycles. The summed E-state index contributed by atoms with van der Waals surface area (Å²) in [4.78, 5) is 16.1. The van der Waals surface area contributed by atoms with Crippen LogP contribution in [0, 0.1) is 11.3 Å². The molecule has 0 spiro atoms. The van der Waals surface area contributed by atoms with Crippen molar-refractivity contribution in [1.82, 2.24) is 4.98 Å². The normalized spacial score (nSPS) is 16.3. The molecule has 2 aromatic rings. The topological polar surface area (TPSA) is 106 Å². The van der Waals surface area contributed by atoms with Gasteiger partial charge in [-0.3, -0.25) is 18.9 Å². The fourth-order valence-corrected chi connectivity index (χ4v) is 4.64. The largest absolute Gasteiger partial charge is 0.433 e. The Morgan fingerprint density at radius 1 is 1.23 bits per heavy atom. The van der Waals surface area contributed by atoms with Crippen LogP contribution in [0.5, 0.6) is 0 Å². The predicted octanol–water partition coefficient (Wildman–Crippen LogP) is 5.54. The van der Waals surface area contributed by atoms with Gasteiger partial charge in [-0.05, 0) is 36.2 Å². The average molecular weight is 451 g/mol. The fourth-order valence-electron chi connectivity index (χ4n) is 3.60. The highest BCUT2D eigenvalue weighted by molar-refractivity contribution is 8.23. The Balaban J connectivity index is 2.04. The molecule has 3 rings (SSSR count). The molecule has 0 fully saturated rings. The third kappa shape index (κ3) is 4.90. The molecule has 1 aliphatic rings. The number of ketones is 1. The number of benzene rings is 1. The minimum Gasteiger partial charge on any atom is -0.358 e. The number of nitrogens with zero attached hydrogens (tertiary/aromatic N) is 2. The van der Waals surface area contributed by atoms with Crippen molar-refractivity contribution in [2.45, 2.75) is 36.8 Å². The lowest BCUT2D eigenvalue weighted by Crippen LogP contribution is -2.13. The monoisotopic (exact) mass is 451 g/mol. The summed E-state index contributed by atoms with van der Waals surface area (Å²) in [5, 5.41) is 12.0. The number of anilines is 1. The molecule has 0 bridgehead atoms. The molecule has 0 radical (unpaired) electrons. The van der Waals surface area contributed by atoms with E-state index in [0.717, 1.165) is 12.3 Å². The first-order valence-corrected chi connectivity index (χ1v) is 11.2. The summed E-state index contributed by atoms with van der Waals surface area (Å²) in [6, 6.07) is 8.66. The summed E-state index contributed by atoms with van der Waals surface area (Å²) in [7, 11) is -3.20. The van der Waals surface area contributed by atoms with Gasteiger partial charge < -0.3 is 5.32 Å². The van der Waals surface area contributed by atoms with Crippen LogP contribution in [-0.2, 0) is 11.0 Å². The molecular weight excluding hydrogens is 431 g/mol. The Morgan fingerprint density at radius 2 is 1.94 bits per heavy atom. The first-order chi connectivity index (χ1) is 14.4. The maximum absolute atomic E-state index is 13.0. The summed E-state index contributed by atoms with van der Waals surface area (Å²) in [6.07, 6.45) is -1.82. The zero-order valence-corrected chi connectivity index (χ0v) is 17.5. The number of aromatic nitrogens is 1. The molecule has 1 unspecified atom stereocenters. The van der Waals surface area contributed by atoms with E-state index in [1.165, 1.54) is 24.5 Å². The minimum atomic E-state index is -4.60. The van der Waals surface area contributed by atoms with Gasteiger partial charge in [-0.1, -0.05) is 13.0 Å². The Morgan fingerprint density at radius 3 is 2.55 bits per heavy atom. The quantitative estimate of drug-likeness (QED) is 0.551. The number of alkyl halides is 3. The van der Waals surface area contributed by atoms with Gasteiger partial charge in [0.2, 0.25) is 0 Å². The summed E-state index contributed by atoms with van der Waals surface area (Å²) in [5.41, 5.74) is 0.647. The van der Waals surface area contributed by atoms with Gasteiger partial charge in [-0.25, -0.2) is 0 Å². The van der Waals surface area contributed by atoms with Crippen LogP contribution in [-0.4, -0.2) is 26.1 Å². The van der Waals surface area contributed by atoms with Gasteiger partial charge in [-0.15, -0.1) is 0 Å².